The fourth-order valence-electron chi connectivity index (χ4n) is 2.19. The lowest BCUT2D eigenvalue weighted by molar-refractivity contribution is 0.0518. The second-order valence-electron chi connectivity index (χ2n) is 6.14. The highest BCUT2D eigenvalue weighted by Crippen LogP contribution is 2.20. The van der Waals surface area contributed by atoms with Gasteiger partial charge in [0.05, 0.1) is 6.61 Å². The van der Waals surface area contributed by atoms with Crippen molar-refractivity contribution in [2.45, 2.75) is 40.3 Å². The number of rotatable bonds is 8. The van der Waals surface area contributed by atoms with E-state index in [1.807, 2.05) is 13.8 Å². The number of hydrogen-bond acceptors (Lipinski definition) is 4. The number of carbonyl (C=O) groups excluding carboxylic acids is 1. The summed E-state index contributed by atoms with van der Waals surface area (Å²) in [6.45, 7) is 6.09. The van der Waals surface area contributed by atoms with E-state index in [4.69, 9.17) is 9.47 Å². The zero-order valence-electron chi connectivity index (χ0n) is 14.9. The van der Waals surface area contributed by atoms with E-state index < -0.39 is 23.4 Å². The summed E-state index contributed by atoms with van der Waals surface area (Å²) in [6, 6.07) is 2.59. The number of nitrogens with zero attached hydrogens (tertiary/aromatic N) is 2. The van der Waals surface area contributed by atoms with E-state index in [2.05, 4.69) is 5.10 Å². The molecule has 0 fully saturated rings. The van der Waals surface area contributed by atoms with Crippen molar-refractivity contribution in [2.75, 3.05) is 6.61 Å². The summed E-state index contributed by atoms with van der Waals surface area (Å²) in [6.07, 6.45) is 0.778. The molecule has 0 radical (unpaired) electrons. The van der Waals surface area contributed by atoms with Crippen LogP contribution in [0.2, 0.25) is 0 Å². The van der Waals surface area contributed by atoms with Crippen LogP contribution in [-0.2, 0) is 17.9 Å². The maximum Gasteiger partial charge on any atom is 0.358 e. The molecule has 0 unspecified atom stereocenters. The average molecular weight is 370 g/mol. The van der Waals surface area contributed by atoms with Crippen LogP contribution >= 0.6 is 0 Å². The fraction of sp³-hybridized carbons (Fsp3) is 0.444. The Morgan fingerprint density at radius 3 is 2.50 bits per heavy atom. The molecule has 0 amide bonds. The Morgan fingerprint density at radius 2 is 1.85 bits per heavy atom. The molecule has 1 heterocycles. The molecule has 0 N–H and O–H groups in total. The average Bonchev–Trinajstić information content (AvgIpc) is 2.98. The van der Waals surface area contributed by atoms with Gasteiger partial charge in [0.2, 0.25) is 5.88 Å². The summed E-state index contributed by atoms with van der Waals surface area (Å²) in [5.41, 5.74) is -0.0745. The van der Waals surface area contributed by atoms with Gasteiger partial charge in [0, 0.05) is 24.2 Å². The lowest BCUT2D eigenvalue weighted by atomic mass is 10.1. The van der Waals surface area contributed by atoms with E-state index in [-0.39, 0.29) is 30.4 Å². The van der Waals surface area contributed by atoms with Gasteiger partial charge >= 0.3 is 5.97 Å². The van der Waals surface area contributed by atoms with Gasteiger partial charge in [-0.05, 0) is 25.3 Å². The number of aromatic nitrogens is 2. The molecule has 0 saturated heterocycles. The summed E-state index contributed by atoms with van der Waals surface area (Å²) < 4.78 is 51.9. The Hall–Kier alpha value is -2.51. The molecular weight excluding hydrogens is 349 g/mol. The van der Waals surface area contributed by atoms with E-state index in [9.17, 15) is 18.0 Å². The first-order valence-corrected chi connectivity index (χ1v) is 8.33. The zero-order chi connectivity index (χ0) is 19.3. The van der Waals surface area contributed by atoms with Crippen LogP contribution in [0.3, 0.4) is 0 Å². The van der Waals surface area contributed by atoms with Gasteiger partial charge in [-0.25, -0.2) is 22.6 Å². The number of carbonyl (C=O) groups is 1. The Bertz CT molecular complexity index is 775. The topological polar surface area (TPSA) is 53.4 Å². The van der Waals surface area contributed by atoms with Crippen LogP contribution in [0.1, 0.15) is 43.2 Å². The van der Waals surface area contributed by atoms with E-state index >= 15 is 0 Å². The van der Waals surface area contributed by atoms with Crippen LogP contribution in [-0.4, -0.2) is 22.4 Å². The molecule has 1 aromatic heterocycles. The van der Waals surface area contributed by atoms with Crippen molar-refractivity contribution < 1.29 is 27.4 Å². The quantitative estimate of drug-likeness (QED) is 0.519. The second-order valence-corrected chi connectivity index (χ2v) is 6.14. The first kappa shape index (κ1) is 19.8. The fourth-order valence-corrected chi connectivity index (χ4v) is 2.19. The highest BCUT2D eigenvalue weighted by Gasteiger charge is 2.18. The van der Waals surface area contributed by atoms with E-state index in [1.165, 1.54) is 10.7 Å². The maximum atomic E-state index is 13.7. The molecule has 0 aliphatic carbocycles. The van der Waals surface area contributed by atoms with Crippen LogP contribution in [0.15, 0.2) is 18.2 Å². The molecule has 0 aliphatic heterocycles. The highest BCUT2D eigenvalue weighted by atomic mass is 19.2. The minimum Gasteiger partial charge on any atom is -0.473 e. The van der Waals surface area contributed by atoms with Crippen LogP contribution in [0.4, 0.5) is 13.2 Å². The number of aryl methyl sites for hydroxylation is 1. The molecular formula is C18H21F3N2O3. The lowest BCUT2D eigenvalue weighted by Crippen LogP contribution is -2.10. The first-order valence-electron chi connectivity index (χ1n) is 8.33. The number of benzene rings is 1. The molecule has 8 heteroatoms. The smallest absolute Gasteiger partial charge is 0.358 e. The van der Waals surface area contributed by atoms with Gasteiger partial charge in [-0.15, -0.1) is 0 Å². The summed E-state index contributed by atoms with van der Waals surface area (Å²) in [4.78, 5) is 11.9. The van der Waals surface area contributed by atoms with Crippen molar-refractivity contribution in [2.24, 2.45) is 5.92 Å². The van der Waals surface area contributed by atoms with Gasteiger partial charge in [-0.3, -0.25) is 0 Å². The molecule has 26 heavy (non-hydrogen) atoms. The van der Waals surface area contributed by atoms with Gasteiger partial charge in [0.15, 0.2) is 17.3 Å². The van der Waals surface area contributed by atoms with Crippen molar-refractivity contribution in [3.05, 3.63) is 46.9 Å². The Morgan fingerprint density at radius 1 is 1.15 bits per heavy atom. The molecule has 0 spiro atoms. The first-order chi connectivity index (χ1) is 12.3. The number of ether oxygens (including phenoxy) is 2. The number of esters is 1. The second kappa shape index (κ2) is 8.73. The third-order valence-corrected chi connectivity index (χ3v) is 3.61. The van der Waals surface area contributed by atoms with Crippen LogP contribution in [0.5, 0.6) is 5.88 Å². The van der Waals surface area contributed by atoms with E-state index in [1.54, 1.807) is 6.92 Å². The monoisotopic (exact) mass is 370 g/mol. The Labute approximate surface area is 149 Å². The molecule has 0 aliphatic rings. The predicted molar refractivity (Wildman–Crippen MR) is 88.3 cm³/mol. The maximum absolute atomic E-state index is 13.7. The molecule has 1 aromatic carbocycles. The molecule has 2 aromatic rings. The summed E-state index contributed by atoms with van der Waals surface area (Å²) in [5, 5.41) is 4.16. The van der Waals surface area contributed by atoms with Gasteiger partial charge < -0.3 is 9.47 Å². The molecule has 5 nitrogen and oxygen atoms in total. The molecule has 0 bridgehead atoms. The normalized spacial score (nSPS) is 11.0. The number of hydrogen-bond donors (Lipinski definition) is 0. The minimum absolute atomic E-state index is 0.0661. The SMILES string of the molecule is CCOC(=O)c1cc(OCc2cc(F)c(F)cc2F)n(CCC(C)C)n1. The van der Waals surface area contributed by atoms with Crippen molar-refractivity contribution in [3.8, 4) is 5.88 Å². The van der Waals surface area contributed by atoms with Crippen molar-refractivity contribution in [3.63, 3.8) is 0 Å². The Balaban J connectivity index is 2.20. The van der Waals surface area contributed by atoms with Gasteiger partial charge in [-0.2, -0.15) is 5.10 Å². The lowest BCUT2D eigenvalue weighted by Gasteiger charge is -2.11. The third kappa shape index (κ3) is 5.00. The predicted octanol–water partition coefficient (Wildman–Crippen LogP) is 4.10. The molecule has 0 saturated carbocycles. The summed E-state index contributed by atoms with van der Waals surface area (Å²) >= 11 is 0. The van der Waals surface area contributed by atoms with Crippen molar-refractivity contribution >= 4 is 5.97 Å². The standard InChI is InChI=1S/C18H21F3N2O3/c1-4-25-18(24)16-9-17(23(22-16)6-5-11(2)3)26-10-12-7-14(20)15(21)8-13(12)19/h7-9,11H,4-6,10H2,1-3H3. The highest BCUT2D eigenvalue weighted by molar-refractivity contribution is 5.87. The van der Waals surface area contributed by atoms with Crippen LogP contribution in [0, 0.1) is 23.4 Å². The summed E-state index contributed by atoms with van der Waals surface area (Å²) in [7, 11) is 0. The third-order valence-electron chi connectivity index (χ3n) is 3.61. The van der Waals surface area contributed by atoms with Crippen LogP contribution < -0.4 is 4.74 Å². The minimum atomic E-state index is -1.27. The van der Waals surface area contributed by atoms with E-state index in [0.29, 0.717) is 18.5 Å². The largest absolute Gasteiger partial charge is 0.473 e. The molecule has 2 rings (SSSR count). The van der Waals surface area contributed by atoms with Gasteiger partial charge in [0.1, 0.15) is 12.4 Å². The van der Waals surface area contributed by atoms with Crippen LogP contribution in [0.25, 0.3) is 0 Å². The van der Waals surface area contributed by atoms with Gasteiger partial charge in [0.25, 0.3) is 0 Å². The number of halogens is 3. The summed E-state index contributed by atoms with van der Waals surface area (Å²) in [5.74, 6) is -3.33. The van der Waals surface area contributed by atoms with Crippen molar-refractivity contribution in [1.29, 1.82) is 0 Å². The van der Waals surface area contributed by atoms with Crippen molar-refractivity contribution in [1.82, 2.24) is 9.78 Å². The molecule has 142 valence electrons. The molecule has 0 atom stereocenters. The van der Waals surface area contributed by atoms with E-state index in [0.717, 1.165) is 12.5 Å². The Kier molecular flexibility index (Phi) is 6.65. The van der Waals surface area contributed by atoms with Gasteiger partial charge in [-0.1, -0.05) is 13.8 Å². The zero-order valence-corrected chi connectivity index (χ0v) is 14.9.